The van der Waals surface area contributed by atoms with Crippen molar-refractivity contribution < 1.29 is 32.6 Å². The van der Waals surface area contributed by atoms with Gasteiger partial charge < -0.3 is 15.4 Å². The van der Waals surface area contributed by atoms with E-state index in [2.05, 4.69) is 93.1 Å². The summed E-state index contributed by atoms with van der Waals surface area (Å²) in [5.41, 5.74) is 11.0. The van der Waals surface area contributed by atoms with Crippen molar-refractivity contribution in [3.05, 3.63) is 267 Å². The van der Waals surface area contributed by atoms with Crippen LogP contribution in [0, 0.1) is 0 Å². The Labute approximate surface area is 388 Å². The highest BCUT2D eigenvalue weighted by molar-refractivity contribution is 6.05. The standard InChI is InChI=1S/C58H42N6O3/c65-57(47-9-3-1-4-10-47)59-49-13-7-15-53(41-49)63-37-29-45(30-38-63)43-25-33-61(34-26-43)51-17-21-55(22-18-51)67-56-23-19-52(20-24-56)62-35-27-44(28-36-62)46-31-39-64(40-32-46)54-16-8-14-50(42-54)60-58(66)48-11-5-2-6-12-48/h1-42H/q+2/p+2. The lowest BCUT2D eigenvalue weighted by molar-refractivity contribution is -0.596. The Morgan fingerprint density at radius 3 is 0.955 bits per heavy atom. The number of nitrogens with one attached hydrogen (secondary N) is 2. The van der Waals surface area contributed by atoms with Crippen LogP contribution >= 0.6 is 0 Å². The van der Waals surface area contributed by atoms with Crippen LogP contribution < -0.4 is 33.6 Å². The molecule has 0 radical (unpaired) electrons. The third kappa shape index (κ3) is 9.92. The second-order valence-electron chi connectivity index (χ2n) is 15.8. The van der Waals surface area contributed by atoms with Gasteiger partial charge in [-0.15, -0.1) is 0 Å². The molecule has 0 saturated carbocycles. The average molecular weight is 873 g/mol. The van der Waals surface area contributed by atoms with Gasteiger partial charge in [0.1, 0.15) is 11.5 Å². The van der Waals surface area contributed by atoms with Crippen molar-refractivity contribution in [3.63, 3.8) is 0 Å². The molecule has 10 aromatic rings. The summed E-state index contributed by atoms with van der Waals surface area (Å²) < 4.78 is 14.4. The highest BCUT2D eigenvalue weighted by atomic mass is 16.5. The van der Waals surface area contributed by atoms with Crippen molar-refractivity contribution in [2.24, 2.45) is 0 Å². The second-order valence-corrected chi connectivity index (χ2v) is 15.8. The highest BCUT2D eigenvalue weighted by Gasteiger charge is 2.15. The molecule has 0 atom stereocenters. The van der Waals surface area contributed by atoms with Crippen LogP contribution in [0.5, 0.6) is 11.5 Å². The number of anilines is 2. The first-order valence-corrected chi connectivity index (χ1v) is 21.9. The molecule has 9 nitrogen and oxygen atoms in total. The minimum Gasteiger partial charge on any atom is -0.457 e. The molecule has 320 valence electrons. The monoisotopic (exact) mass is 872 g/mol. The van der Waals surface area contributed by atoms with Gasteiger partial charge in [0.2, 0.25) is 22.7 Å². The molecule has 0 unspecified atom stereocenters. The number of nitrogens with zero attached hydrogens (tertiary/aromatic N) is 4. The van der Waals surface area contributed by atoms with E-state index in [1.165, 1.54) is 0 Å². The Morgan fingerprint density at radius 2 is 0.627 bits per heavy atom. The molecule has 4 heterocycles. The van der Waals surface area contributed by atoms with Crippen LogP contribution in [0.2, 0.25) is 0 Å². The van der Waals surface area contributed by atoms with Gasteiger partial charge in [-0.3, -0.25) is 9.59 Å². The number of carbonyl (C=O) groups is 2. The van der Waals surface area contributed by atoms with E-state index in [0.29, 0.717) is 11.1 Å². The van der Waals surface area contributed by atoms with Crippen LogP contribution in [0.4, 0.5) is 11.4 Å². The van der Waals surface area contributed by atoms with E-state index in [1.807, 2.05) is 167 Å². The molecule has 0 fully saturated rings. The molecule has 2 N–H and O–H groups in total. The number of pyridine rings is 4. The van der Waals surface area contributed by atoms with E-state index in [9.17, 15) is 9.59 Å². The lowest BCUT2D eigenvalue weighted by Crippen LogP contribution is -2.30. The Balaban J connectivity index is 0.724. The van der Waals surface area contributed by atoms with E-state index in [4.69, 9.17) is 4.74 Å². The average Bonchev–Trinajstić information content (AvgIpc) is 3.40. The van der Waals surface area contributed by atoms with Gasteiger partial charge in [-0.05, 0) is 82.9 Å². The maximum atomic E-state index is 12.7. The SMILES string of the molecule is O=C(Nc1cccc(-[n+]2ccc(-c3cc[n+](-c4ccc(Oc5ccc(-[n+]6ccc(-c7cc[n+](-c8cccc(NC(=O)c9ccccc9)c8)cc7)cc6)cc5)cc4)cc3)cc2)c1)c1ccccc1. The molecule has 67 heavy (non-hydrogen) atoms. The van der Waals surface area contributed by atoms with Crippen LogP contribution in [-0.2, 0) is 0 Å². The van der Waals surface area contributed by atoms with Gasteiger partial charge >= 0.3 is 0 Å². The van der Waals surface area contributed by atoms with Crippen LogP contribution in [0.15, 0.2) is 256 Å². The zero-order valence-corrected chi connectivity index (χ0v) is 36.3. The molecule has 0 bridgehead atoms. The summed E-state index contributed by atoms with van der Waals surface area (Å²) in [6.45, 7) is 0. The van der Waals surface area contributed by atoms with E-state index >= 15 is 0 Å². The van der Waals surface area contributed by atoms with Gasteiger partial charge in [-0.2, -0.15) is 18.3 Å². The summed E-state index contributed by atoms with van der Waals surface area (Å²) in [5, 5.41) is 5.98. The van der Waals surface area contributed by atoms with E-state index in [1.54, 1.807) is 24.3 Å². The van der Waals surface area contributed by atoms with Crippen LogP contribution in [0.25, 0.3) is 45.0 Å². The van der Waals surface area contributed by atoms with Crippen molar-refractivity contribution in [2.45, 2.75) is 0 Å². The fraction of sp³-hybridized carbons (Fsp3) is 0. The maximum Gasteiger partial charge on any atom is 0.255 e. The molecule has 0 aliphatic heterocycles. The number of hydrogen-bond donors (Lipinski definition) is 2. The van der Waals surface area contributed by atoms with Crippen molar-refractivity contribution in [2.75, 3.05) is 10.6 Å². The summed E-state index contributed by atoms with van der Waals surface area (Å²) in [4.78, 5) is 25.3. The minimum atomic E-state index is -0.140. The summed E-state index contributed by atoms with van der Waals surface area (Å²) in [7, 11) is 0. The smallest absolute Gasteiger partial charge is 0.255 e. The normalized spacial score (nSPS) is 10.8. The molecule has 0 saturated heterocycles. The minimum absolute atomic E-state index is 0.140. The molecule has 2 amide bonds. The fourth-order valence-corrected chi connectivity index (χ4v) is 7.75. The Bertz CT molecular complexity index is 3070. The van der Waals surface area contributed by atoms with Gasteiger partial charge in [0.15, 0.2) is 49.6 Å². The van der Waals surface area contributed by atoms with E-state index < -0.39 is 0 Å². The highest BCUT2D eigenvalue weighted by Crippen LogP contribution is 2.24. The van der Waals surface area contributed by atoms with Gasteiger partial charge in [0, 0.05) is 120 Å². The number of aromatic nitrogens is 4. The first kappa shape index (κ1) is 41.7. The first-order valence-electron chi connectivity index (χ1n) is 21.9. The number of ether oxygens (including phenoxy) is 1. The van der Waals surface area contributed by atoms with Gasteiger partial charge in [-0.1, -0.05) is 48.5 Å². The molecular formula is C58H44N6O3+4. The zero-order chi connectivity index (χ0) is 45.4. The molecule has 0 aliphatic rings. The van der Waals surface area contributed by atoms with Crippen molar-refractivity contribution in [1.82, 2.24) is 0 Å². The summed E-state index contributed by atoms with van der Waals surface area (Å²) in [5.74, 6) is 1.22. The first-order chi connectivity index (χ1) is 33.0. The molecule has 9 heteroatoms. The largest absolute Gasteiger partial charge is 0.457 e. The van der Waals surface area contributed by atoms with E-state index in [-0.39, 0.29) is 11.8 Å². The summed E-state index contributed by atoms with van der Waals surface area (Å²) in [6, 6.07) is 66.8. The van der Waals surface area contributed by atoms with Crippen LogP contribution in [0.3, 0.4) is 0 Å². The lowest BCUT2D eigenvalue weighted by Gasteiger charge is -2.06. The van der Waals surface area contributed by atoms with Gasteiger partial charge in [-0.25, -0.2) is 0 Å². The lowest BCUT2D eigenvalue weighted by atomic mass is 10.1. The Morgan fingerprint density at radius 1 is 0.313 bits per heavy atom. The van der Waals surface area contributed by atoms with Gasteiger partial charge in [0.25, 0.3) is 11.8 Å². The molecule has 6 aromatic carbocycles. The van der Waals surface area contributed by atoms with Crippen molar-refractivity contribution in [3.8, 4) is 56.5 Å². The number of benzene rings is 6. The molecule has 10 rings (SSSR count). The molecule has 0 spiro atoms. The fourth-order valence-electron chi connectivity index (χ4n) is 7.75. The third-order valence-electron chi connectivity index (χ3n) is 11.4. The predicted octanol–water partition coefficient (Wildman–Crippen LogP) is 10.4. The number of hydrogen-bond acceptors (Lipinski definition) is 3. The number of rotatable bonds is 12. The van der Waals surface area contributed by atoms with Crippen LogP contribution in [0.1, 0.15) is 20.7 Å². The third-order valence-corrected chi connectivity index (χ3v) is 11.4. The molecule has 4 aromatic heterocycles. The zero-order valence-electron chi connectivity index (χ0n) is 36.3. The maximum absolute atomic E-state index is 12.7. The van der Waals surface area contributed by atoms with Crippen LogP contribution in [-0.4, -0.2) is 11.8 Å². The Kier molecular flexibility index (Phi) is 11.9. The quantitative estimate of drug-likeness (QED) is 0.120. The predicted molar refractivity (Wildman–Crippen MR) is 259 cm³/mol. The number of carbonyl (C=O) groups excluding carboxylic acids is 2. The number of amides is 2. The Hall–Kier alpha value is -9.34. The molecular weight excluding hydrogens is 829 g/mol. The van der Waals surface area contributed by atoms with Gasteiger partial charge in [0.05, 0.1) is 0 Å². The second kappa shape index (κ2) is 19.2. The summed E-state index contributed by atoms with van der Waals surface area (Å²) >= 11 is 0. The topological polar surface area (TPSA) is 83.0 Å². The molecule has 0 aliphatic carbocycles. The summed E-state index contributed by atoms with van der Waals surface area (Å²) in [6.07, 6.45) is 16.3. The van der Waals surface area contributed by atoms with Crippen molar-refractivity contribution in [1.29, 1.82) is 0 Å². The van der Waals surface area contributed by atoms with E-state index in [0.717, 1.165) is 67.9 Å². The van der Waals surface area contributed by atoms with Crippen molar-refractivity contribution >= 4 is 23.2 Å².